The van der Waals surface area contributed by atoms with E-state index in [1.54, 1.807) is 18.1 Å². The first kappa shape index (κ1) is 19.4. The highest BCUT2D eigenvalue weighted by molar-refractivity contribution is 5.74. The van der Waals surface area contributed by atoms with Gasteiger partial charge in [0.05, 0.1) is 6.10 Å². The number of Topliss-reactive ketones (excluding diaryl/α,β-unsaturated/α-hetero) is 1. The Bertz CT molecular complexity index is 720. The molecule has 4 aliphatic carbocycles. The minimum absolute atomic E-state index is 0.164. The summed E-state index contributed by atoms with van der Waals surface area (Å²) in [7, 11) is 0. The molecule has 0 saturated heterocycles. The molecule has 0 aromatic heterocycles. The average molecular weight is 355 g/mol. The van der Waals surface area contributed by atoms with E-state index in [2.05, 4.69) is 45.1 Å². The summed E-state index contributed by atoms with van der Waals surface area (Å²) in [6.07, 6.45) is 15.3. The molecule has 0 fully saturated rings. The number of allylic oxidation sites excluding steroid dienone is 7. The molecule has 0 aliphatic heterocycles. The lowest BCUT2D eigenvalue weighted by Crippen LogP contribution is -2.36. The van der Waals surface area contributed by atoms with Crippen LogP contribution in [0.4, 0.5) is 0 Å². The summed E-state index contributed by atoms with van der Waals surface area (Å²) in [4.78, 5) is 9.81. The predicted octanol–water partition coefficient (Wildman–Crippen LogP) is 5.69. The van der Waals surface area contributed by atoms with Gasteiger partial charge in [-0.25, -0.2) is 0 Å². The van der Waals surface area contributed by atoms with Gasteiger partial charge in [-0.15, -0.1) is 0 Å². The van der Waals surface area contributed by atoms with Gasteiger partial charge < -0.3 is 9.90 Å². The second-order valence-electron chi connectivity index (χ2n) is 9.01. The van der Waals surface area contributed by atoms with E-state index in [0.29, 0.717) is 11.8 Å². The molecular weight excluding hydrogens is 320 g/mol. The van der Waals surface area contributed by atoms with Crippen LogP contribution in [-0.2, 0) is 4.79 Å². The third-order valence-corrected chi connectivity index (χ3v) is 7.43. The lowest BCUT2D eigenvalue weighted by Gasteiger charge is -2.48. The number of fused-ring (bicyclic) bond motifs is 4. The Morgan fingerprint density at radius 2 is 1.96 bits per heavy atom. The largest absolute Gasteiger partial charge is 0.389 e. The number of aliphatic hydroxyl groups excluding tert-OH is 1. The van der Waals surface area contributed by atoms with Crippen molar-refractivity contribution in [3.05, 3.63) is 46.6 Å². The standard InChI is InChI=1S/C20H26O.C4H8O/c1-13-4-7-17-16-6-5-14-12-15(21)8-10-20(14,3)18(16)9-11-19(13,17)2;1-3-4(2)5/h5-7,12-13,15,21H,4,8-11H2,1-3H3;3H2,1-2H3. The molecule has 2 heteroatoms. The van der Waals surface area contributed by atoms with Gasteiger partial charge in [-0.05, 0) is 67.1 Å². The van der Waals surface area contributed by atoms with Crippen molar-refractivity contribution in [2.24, 2.45) is 16.7 Å². The van der Waals surface area contributed by atoms with Crippen molar-refractivity contribution in [1.82, 2.24) is 0 Å². The molecule has 0 aromatic rings. The highest BCUT2D eigenvalue weighted by Gasteiger charge is 2.48. The third kappa shape index (κ3) is 3.07. The average Bonchev–Trinajstić information content (AvgIpc) is 2.91. The van der Waals surface area contributed by atoms with Crippen molar-refractivity contribution in [2.45, 2.75) is 79.2 Å². The fourth-order valence-electron chi connectivity index (χ4n) is 5.09. The maximum absolute atomic E-state index is 9.95. The van der Waals surface area contributed by atoms with Crippen LogP contribution in [0.5, 0.6) is 0 Å². The first-order valence-corrected chi connectivity index (χ1v) is 10.2. The van der Waals surface area contributed by atoms with E-state index in [1.165, 1.54) is 30.4 Å². The molecule has 1 N–H and O–H groups in total. The number of carbonyl (C=O) groups is 1. The lowest BCUT2D eigenvalue weighted by molar-refractivity contribution is -0.116. The van der Waals surface area contributed by atoms with Crippen LogP contribution in [0.1, 0.15) is 73.1 Å². The molecule has 0 heterocycles. The van der Waals surface area contributed by atoms with E-state index in [1.807, 2.05) is 6.92 Å². The molecule has 4 rings (SSSR count). The number of carbonyl (C=O) groups excluding carboxylic acids is 1. The van der Waals surface area contributed by atoms with Crippen LogP contribution in [0.25, 0.3) is 0 Å². The van der Waals surface area contributed by atoms with Crippen molar-refractivity contribution < 1.29 is 9.90 Å². The van der Waals surface area contributed by atoms with Gasteiger partial charge in [0, 0.05) is 11.8 Å². The Morgan fingerprint density at radius 3 is 2.62 bits per heavy atom. The zero-order valence-electron chi connectivity index (χ0n) is 17.1. The van der Waals surface area contributed by atoms with Crippen LogP contribution >= 0.6 is 0 Å². The van der Waals surface area contributed by atoms with Crippen LogP contribution < -0.4 is 0 Å². The summed E-state index contributed by atoms with van der Waals surface area (Å²) in [6, 6.07) is 0. The molecule has 26 heavy (non-hydrogen) atoms. The Labute approximate surface area is 158 Å². The van der Waals surface area contributed by atoms with Crippen molar-refractivity contribution in [2.75, 3.05) is 0 Å². The Hall–Kier alpha value is -1.41. The zero-order valence-corrected chi connectivity index (χ0v) is 17.1. The third-order valence-electron chi connectivity index (χ3n) is 7.43. The number of aliphatic hydroxyl groups is 1. The fraction of sp³-hybridized carbons (Fsp3) is 0.625. The summed E-state index contributed by atoms with van der Waals surface area (Å²) in [5.74, 6) is 1.03. The molecule has 4 atom stereocenters. The fourth-order valence-corrected chi connectivity index (χ4v) is 5.09. The Kier molecular flexibility index (Phi) is 5.18. The van der Waals surface area contributed by atoms with Gasteiger partial charge >= 0.3 is 0 Å². The minimum atomic E-state index is -0.251. The highest BCUT2D eigenvalue weighted by atomic mass is 16.3. The minimum Gasteiger partial charge on any atom is -0.389 e. The second-order valence-corrected chi connectivity index (χ2v) is 9.01. The smallest absolute Gasteiger partial charge is 0.129 e. The van der Waals surface area contributed by atoms with Crippen LogP contribution in [0.15, 0.2) is 46.6 Å². The molecule has 0 amide bonds. The maximum Gasteiger partial charge on any atom is 0.129 e. The highest BCUT2D eigenvalue weighted by Crippen LogP contribution is 2.60. The maximum atomic E-state index is 9.95. The Morgan fingerprint density at radius 1 is 1.27 bits per heavy atom. The molecule has 0 aromatic carbocycles. The summed E-state index contributed by atoms with van der Waals surface area (Å²) in [5.41, 5.74) is 6.67. The molecule has 0 radical (unpaired) electrons. The molecule has 142 valence electrons. The summed E-state index contributed by atoms with van der Waals surface area (Å²) in [5, 5.41) is 9.95. The van der Waals surface area contributed by atoms with Gasteiger partial charge in [0.25, 0.3) is 0 Å². The van der Waals surface area contributed by atoms with E-state index in [9.17, 15) is 9.90 Å². The van der Waals surface area contributed by atoms with Crippen molar-refractivity contribution in [3.8, 4) is 0 Å². The molecular formula is C24H34O2. The van der Waals surface area contributed by atoms with E-state index >= 15 is 0 Å². The number of rotatable bonds is 1. The molecule has 4 aliphatic rings. The first-order chi connectivity index (χ1) is 12.2. The van der Waals surface area contributed by atoms with E-state index < -0.39 is 0 Å². The zero-order chi connectivity index (χ0) is 19.1. The van der Waals surface area contributed by atoms with Crippen molar-refractivity contribution in [1.29, 1.82) is 0 Å². The van der Waals surface area contributed by atoms with Gasteiger partial charge in [0.15, 0.2) is 0 Å². The topological polar surface area (TPSA) is 37.3 Å². The molecule has 0 bridgehead atoms. The van der Waals surface area contributed by atoms with Gasteiger partial charge in [-0.1, -0.05) is 57.6 Å². The first-order valence-electron chi connectivity index (χ1n) is 10.2. The van der Waals surface area contributed by atoms with Crippen LogP contribution in [0.3, 0.4) is 0 Å². The van der Waals surface area contributed by atoms with E-state index in [4.69, 9.17) is 0 Å². The summed E-state index contributed by atoms with van der Waals surface area (Å²) >= 11 is 0. The quantitative estimate of drug-likeness (QED) is 0.656. The molecule has 2 nitrogen and oxygen atoms in total. The number of ketones is 1. The van der Waals surface area contributed by atoms with Crippen LogP contribution in [0, 0.1) is 16.7 Å². The monoisotopic (exact) mass is 354 g/mol. The van der Waals surface area contributed by atoms with Crippen molar-refractivity contribution >= 4 is 5.78 Å². The predicted molar refractivity (Wildman–Crippen MR) is 108 cm³/mol. The van der Waals surface area contributed by atoms with Gasteiger partial charge in [-0.2, -0.15) is 0 Å². The van der Waals surface area contributed by atoms with E-state index in [0.717, 1.165) is 18.8 Å². The Balaban J connectivity index is 0.000000349. The van der Waals surface area contributed by atoms with Gasteiger partial charge in [-0.3, -0.25) is 0 Å². The van der Waals surface area contributed by atoms with E-state index in [-0.39, 0.29) is 17.3 Å². The van der Waals surface area contributed by atoms with Crippen LogP contribution in [-0.4, -0.2) is 17.0 Å². The molecule has 0 saturated carbocycles. The number of hydrogen-bond acceptors (Lipinski definition) is 2. The number of hydrogen-bond donors (Lipinski definition) is 1. The SMILES string of the molecule is CC1CC=C2C3=C(CCC21C)C1(C)CCC(O)C=C1C=C3.CCC(C)=O. The van der Waals surface area contributed by atoms with Crippen molar-refractivity contribution in [3.63, 3.8) is 0 Å². The van der Waals surface area contributed by atoms with Gasteiger partial charge in [0.1, 0.15) is 5.78 Å². The lowest BCUT2D eigenvalue weighted by atomic mass is 9.57. The molecule has 0 spiro atoms. The second kappa shape index (κ2) is 6.96. The normalized spacial score (nSPS) is 37.6. The summed E-state index contributed by atoms with van der Waals surface area (Å²) < 4.78 is 0. The van der Waals surface area contributed by atoms with Gasteiger partial charge in [0.2, 0.25) is 0 Å². The van der Waals surface area contributed by atoms with Crippen LogP contribution in [0.2, 0.25) is 0 Å². The summed E-state index contributed by atoms with van der Waals surface area (Å²) in [6.45, 7) is 10.7. The molecule has 4 unspecified atom stereocenters.